The summed E-state index contributed by atoms with van der Waals surface area (Å²) in [5, 5.41) is 8.11. The standard InChI is InChI=1S/C12H12N2O2S/c1-3-10(15)9-6-4-5-7-11(9)17-12-14-13-8(2)16-12/h4-7H,3H2,1-2H3. The van der Waals surface area contributed by atoms with Gasteiger partial charge in [0.15, 0.2) is 5.78 Å². The Hall–Kier alpha value is -1.62. The summed E-state index contributed by atoms with van der Waals surface area (Å²) in [7, 11) is 0. The van der Waals surface area contributed by atoms with Gasteiger partial charge < -0.3 is 4.42 Å². The van der Waals surface area contributed by atoms with E-state index in [0.717, 1.165) is 4.90 Å². The lowest BCUT2D eigenvalue weighted by Crippen LogP contribution is -1.98. The molecule has 5 heteroatoms. The van der Waals surface area contributed by atoms with Crippen LogP contribution in [0, 0.1) is 6.92 Å². The number of hydrogen-bond donors (Lipinski definition) is 0. The summed E-state index contributed by atoms with van der Waals surface area (Å²) < 4.78 is 5.29. The molecule has 0 aliphatic carbocycles. The van der Waals surface area contributed by atoms with Crippen LogP contribution < -0.4 is 0 Å². The number of benzene rings is 1. The largest absolute Gasteiger partial charge is 0.416 e. The summed E-state index contributed by atoms with van der Waals surface area (Å²) in [6.45, 7) is 3.58. The fourth-order valence-corrected chi connectivity index (χ4v) is 2.26. The molecule has 0 saturated carbocycles. The molecule has 1 aromatic heterocycles. The van der Waals surface area contributed by atoms with Crippen molar-refractivity contribution in [3.05, 3.63) is 35.7 Å². The van der Waals surface area contributed by atoms with Crippen LogP contribution in [-0.4, -0.2) is 16.0 Å². The number of nitrogens with zero attached hydrogens (tertiary/aromatic N) is 2. The van der Waals surface area contributed by atoms with Gasteiger partial charge >= 0.3 is 0 Å². The molecule has 0 saturated heterocycles. The van der Waals surface area contributed by atoms with E-state index in [2.05, 4.69) is 10.2 Å². The molecule has 0 spiro atoms. The topological polar surface area (TPSA) is 56.0 Å². The maximum Gasteiger partial charge on any atom is 0.281 e. The van der Waals surface area contributed by atoms with Crippen molar-refractivity contribution < 1.29 is 9.21 Å². The second-order valence-corrected chi connectivity index (χ2v) is 4.46. The van der Waals surface area contributed by atoms with Crippen molar-refractivity contribution in [3.8, 4) is 0 Å². The van der Waals surface area contributed by atoms with Crippen molar-refractivity contribution in [3.63, 3.8) is 0 Å². The van der Waals surface area contributed by atoms with E-state index in [-0.39, 0.29) is 5.78 Å². The third kappa shape index (κ3) is 2.74. The Bertz CT molecular complexity index is 537. The molecule has 1 heterocycles. The maximum atomic E-state index is 11.7. The summed E-state index contributed by atoms with van der Waals surface area (Å²) in [6, 6.07) is 7.44. The van der Waals surface area contributed by atoms with Crippen LogP contribution in [-0.2, 0) is 0 Å². The predicted molar refractivity (Wildman–Crippen MR) is 64.2 cm³/mol. The van der Waals surface area contributed by atoms with Gasteiger partial charge in [-0.05, 0) is 17.8 Å². The summed E-state index contributed by atoms with van der Waals surface area (Å²) in [5.74, 6) is 0.635. The van der Waals surface area contributed by atoms with Gasteiger partial charge in [0.05, 0.1) is 0 Å². The molecule has 0 aliphatic heterocycles. The number of aryl methyl sites for hydroxylation is 1. The minimum absolute atomic E-state index is 0.115. The lowest BCUT2D eigenvalue weighted by molar-refractivity contribution is 0.0985. The Labute approximate surface area is 103 Å². The number of Topliss-reactive ketones (excluding diaryl/α,β-unsaturated/α-hetero) is 1. The fraction of sp³-hybridized carbons (Fsp3) is 0.250. The Morgan fingerprint density at radius 2 is 2.12 bits per heavy atom. The molecule has 0 atom stereocenters. The Kier molecular flexibility index (Phi) is 3.58. The van der Waals surface area contributed by atoms with E-state index in [1.807, 2.05) is 31.2 Å². The highest BCUT2D eigenvalue weighted by molar-refractivity contribution is 7.99. The third-order valence-corrected chi connectivity index (χ3v) is 3.13. The van der Waals surface area contributed by atoms with Gasteiger partial charge in [0.2, 0.25) is 5.89 Å². The van der Waals surface area contributed by atoms with Crippen molar-refractivity contribution in [2.75, 3.05) is 0 Å². The molecule has 2 rings (SSSR count). The van der Waals surface area contributed by atoms with Crippen LogP contribution in [0.3, 0.4) is 0 Å². The second-order valence-electron chi connectivity index (χ2n) is 3.46. The first kappa shape index (κ1) is 11.9. The lowest BCUT2D eigenvalue weighted by Gasteiger charge is -2.04. The van der Waals surface area contributed by atoms with Crippen molar-refractivity contribution in [2.24, 2.45) is 0 Å². The molecule has 1 aromatic carbocycles. The first-order valence-electron chi connectivity index (χ1n) is 5.31. The number of carbonyl (C=O) groups excluding carboxylic acids is 1. The van der Waals surface area contributed by atoms with Gasteiger partial charge in [0.1, 0.15) is 0 Å². The third-order valence-electron chi connectivity index (χ3n) is 2.21. The summed E-state index contributed by atoms with van der Waals surface area (Å²) >= 11 is 1.32. The van der Waals surface area contributed by atoms with Crippen LogP contribution in [0.15, 0.2) is 38.8 Å². The average Bonchev–Trinajstić information content (AvgIpc) is 2.74. The zero-order valence-corrected chi connectivity index (χ0v) is 10.5. The lowest BCUT2D eigenvalue weighted by atomic mass is 10.1. The highest BCUT2D eigenvalue weighted by Gasteiger charge is 2.12. The van der Waals surface area contributed by atoms with Crippen molar-refractivity contribution >= 4 is 17.5 Å². The van der Waals surface area contributed by atoms with Gasteiger partial charge in [-0.1, -0.05) is 25.1 Å². The molecule has 0 fully saturated rings. The molecular weight excluding hydrogens is 236 g/mol. The van der Waals surface area contributed by atoms with Gasteiger partial charge in [-0.25, -0.2) is 0 Å². The zero-order valence-electron chi connectivity index (χ0n) is 9.64. The number of hydrogen-bond acceptors (Lipinski definition) is 5. The van der Waals surface area contributed by atoms with Crippen molar-refractivity contribution in [2.45, 2.75) is 30.4 Å². The molecule has 0 amide bonds. The second kappa shape index (κ2) is 5.14. The molecule has 4 nitrogen and oxygen atoms in total. The van der Waals surface area contributed by atoms with Gasteiger partial charge in [-0.3, -0.25) is 4.79 Å². The normalized spacial score (nSPS) is 10.5. The van der Waals surface area contributed by atoms with Gasteiger partial charge in [-0.15, -0.1) is 10.2 Å². The fourth-order valence-electron chi connectivity index (χ4n) is 1.39. The molecule has 0 N–H and O–H groups in total. The first-order valence-corrected chi connectivity index (χ1v) is 6.12. The molecular formula is C12H12N2O2S. The summed E-state index contributed by atoms with van der Waals surface area (Å²) in [4.78, 5) is 12.6. The molecule has 0 unspecified atom stereocenters. The molecule has 0 radical (unpaired) electrons. The Morgan fingerprint density at radius 1 is 1.35 bits per heavy atom. The van der Waals surface area contributed by atoms with Crippen LogP contribution >= 0.6 is 11.8 Å². The zero-order chi connectivity index (χ0) is 12.3. The Morgan fingerprint density at radius 3 is 2.76 bits per heavy atom. The number of ketones is 1. The summed E-state index contributed by atoms with van der Waals surface area (Å²) in [5.41, 5.74) is 0.704. The van der Waals surface area contributed by atoms with E-state index in [1.165, 1.54) is 11.8 Å². The predicted octanol–water partition coefficient (Wildman–Crippen LogP) is 3.12. The highest BCUT2D eigenvalue weighted by Crippen LogP contribution is 2.29. The molecule has 0 aliphatic rings. The van der Waals surface area contributed by atoms with Crippen LogP contribution in [0.5, 0.6) is 0 Å². The smallest absolute Gasteiger partial charge is 0.281 e. The maximum absolute atomic E-state index is 11.7. The quantitative estimate of drug-likeness (QED) is 0.778. The van der Waals surface area contributed by atoms with E-state index in [1.54, 1.807) is 6.92 Å². The average molecular weight is 248 g/mol. The number of rotatable bonds is 4. The van der Waals surface area contributed by atoms with E-state index in [0.29, 0.717) is 23.1 Å². The molecule has 0 bridgehead atoms. The SMILES string of the molecule is CCC(=O)c1ccccc1Sc1nnc(C)o1. The molecule has 88 valence electrons. The Balaban J connectivity index is 2.29. The van der Waals surface area contributed by atoms with Crippen LogP contribution in [0.25, 0.3) is 0 Å². The number of aromatic nitrogens is 2. The monoisotopic (exact) mass is 248 g/mol. The van der Waals surface area contributed by atoms with Crippen LogP contribution in [0.4, 0.5) is 0 Å². The highest BCUT2D eigenvalue weighted by atomic mass is 32.2. The minimum atomic E-state index is 0.115. The van der Waals surface area contributed by atoms with Gasteiger partial charge in [0.25, 0.3) is 5.22 Å². The van der Waals surface area contributed by atoms with E-state index >= 15 is 0 Å². The van der Waals surface area contributed by atoms with Crippen LogP contribution in [0.2, 0.25) is 0 Å². The van der Waals surface area contributed by atoms with Gasteiger partial charge in [-0.2, -0.15) is 0 Å². The van der Waals surface area contributed by atoms with Crippen LogP contribution in [0.1, 0.15) is 29.6 Å². The summed E-state index contributed by atoms with van der Waals surface area (Å²) in [6.07, 6.45) is 0.487. The molecule has 2 aromatic rings. The first-order chi connectivity index (χ1) is 8.20. The molecule has 17 heavy (non-hydrogen) atoms. The van der Waals surface area contributed by atoms with E-state index in [4.69, 9.17) is 4.42 Å². The van der Waals surface area contributed by atoms with Gasteiger partial charge in [0, 0.05) is 23.8 Å². The van der Waals surface area contributed by atoms with E-state index in [9.17, 15) is 4.79 Å². The van der Waals surface area contributed by atoms with Crippen molar-refractivity contribution in [1.29, 1.82) is 0 Å². The number of carbonyl (C=O) groups is 1. The van der Waals surface area contributed by atoms with E-state index < -0.39 is 0 Å². The minimum Gasteiger partial charge on any atom is -0.416 e. The van der Waals surface area contributed by atoms with Crippen molar-refractivity contribution in [1.82, 2.24) is 10.2 Å².